The fraction of sp³-hybridized carbons (Fsp3) is 0.300. The number of ether oxygens (including phenoxy) is 1. The Labute approximate surface area is 147 Å². The minimum absolute atomic E-state index is 0.0106. The number of rotatable bonds is 3. The van der Waals surface area contributed by atoms with Crippen LogP contribution in [0.2, 0.25) is 0 Å². The Balaban J connectivity index is 1.67. The molecule has 2 aromatic rings. The Kier molecular flexibility index (Phi) is 5.14. The first kappa shape index (κ1) is 17.2. The SMILES string of the molecule is CC1CN(C(=O)c2ccc(NC(=O)c3ccccc3)cc2)C(C)CO1. The maximum absolute atomic E-state index is 12.7. The highest BCUT2D eigenvalue weighted by Crippen LogP contribution is 2.17. The predicted molar refractivity (Wildman–Crippen MR) is 96.7 cm³/mol. The number of hydrogen-bond donors (Lipinski definition) is 1. The van der Waals surface area contributed by atoms with Crippen molar-refractivity contribution in [3.8, 4) is 0 Å². The van der Waals surface area contributed by atoms with Crippen molar-refractivity contribution in [1.29, 1.82) is 0 Å². The molecule has 5 heteroatoms. The number of nitrogens with zero attached hydrogens (tertiary/aromatic N) is 1. The summed E-state index contributed by atoms with van der Waals surface area (Å²) in [4.78, 5) is 26.7. The second kappa shape index (κ2) is 7.49. The number of carbonyl (C=O) groups is 2. The maximum atomic E-state index is 12.7. The van der Waals surface area contributed by atoms with E-state index in [1.807, 2.05) is 36.9 Å². The normalized spacial score (nSPS) is 20.2. The molecule has 0 radical (unpaired) electrons. The highest BCUT2D eigenvalue weighted by molar-refractivity contribution is 6.04. The van der Waals surface area contributed by atoms with Gasteiger partial charge >= 0.3 is 0 Å². The molecule has 1 saturated heterocycles. The Bertz CT molecular complexity index is 743. The van der Waals surface area contributed by atoms with E-state index in [0.717, 1.165) is 0 Å². The number of hydrogen-bond acceptors (Lipinski definition) is 3. The summed E-state index contributed by atoms with van der Waals surface area (Å²) in [6.07, 6.45) is 0.0459. The van der Waals surface area contributed by atoms with Crippen molar-refractivity contribution in [2.24, 2.45) is 0 Å². The molecule has 1 aliphatic heterocycles. The average Bonchev–Trinajstić information content (AvgIpc) is 2.64. The van der Waals surface area contributed by atoms with Gasteiger partial charge < -0.3 is 15.0 Å². The molecule has 0 aromatic heterocycles. The third-order valence-electron chi connectivity index (χ3n) is 4.29. The van der Waals surface area contributed by atoms with Gasteiger partial charge in [0.2, 0.25) is 0 Å². The molecule has 25 heavy (non-hydrogen) atoms. The van der Waals surface area contributed by atoms with Gasteiger partial charge in [-0.2, -0.15) is 0 Å². The monoisotopic (exact) mass is 338 g/mol. The standard InChI is InChI=1S/C20H22N2O3/c1-14-13-25-15(2)12-22(14)20(24)17-8-10-18(11-9-17)21-19(23)16-6-4-3-5-7-16/h3-11,14-15H,12-13H2,1-2H3,(H,21,23). The largest absolute Gasteiger partial charge is 0.375 e. The molecule has 3 rings (SSSR count). The van der Waals surface area contributed by atoms with E-state index >= 15 is 0 Å². The third-order valence-corrected chi connectivity index (χ3v) is 4.29. The minimum Gasteiger partial charge on any atom is -0.375 e. The van der Waals surface area contributed by atoms with E-state index in [1.54, 1.807) is 36.4 Å². The molecule has 2 aromatic carbocycles. The fourth-order valence-electron chi connectivity index (χ4n) is 2.84. The van der Waals surface area contributed by atoms with E-state index in [2.05, 4.69) is 5.32 Å². The first-order valence-electron chi connectivity index (χ1n) is 8.43. The van der Waals surface area contributed by atoms with Gasteiger partial charge in [-0.05, 0) is 50.2 Å². The van der Waals surface area contributed by atoms with Gasteiger partial charge in [-0.25, -0.2) is 0 Å². The third kappa shape index (κ3) is 4.06. The van der Waals surface area contributed by atoms with Gasteiger partial charge in [0.25, 0.3) is 11.8 Å². The zero-order chi connectivity index (χ0) is 17.8. The quantitative estimate of drug-likeness (QED) is 0.935. The summed E-state index contributed by atoms with van der Waals surface area (Å²) >= 11 is 0. The van der Waals surface area contributed by atoms with Crippen molar-refractivity contribution in [2.45, 2.75) is 26.0 Å². The molecule has 0 spiro atoms. The van der Waals surface area contributed by atoms with Crippen LogP contribution in [0.3, 0.4) is 0 Å². The zero-order valence-corrected chi connectivity index (χ0v) is 14.4. The molecule has 2 atom stereocenters. The Morgan fingerprint density at radius 2 is 1.68 bits per heavy atom. The molecular formula is C20H22N2O3. The van der Waals surface area contributed by atoms with E-state index in [9.17, 15) is 9.59 Å². The van der Waals surface area contributed by atoms with Gasteiger partial charge in [0.15, 0.2) is 0 Å². The van der Waals surface area contributed by atoms with Crippen LogP contribution in [0.4, 0.5) is 5.69 Å². The lowest BCUT2D eigenvalue weighted by Crippen LogP contribution is -2.50. The van der Waals surface area contributed by atoms with Crippen LogP contribution in [0.5, 0.6) is 0 Å². The second-order valence-corrected chi connectivity index (χ2v) is 6.35. The lowest BCUT2D eigenvalue weighted by Gasteiger charge is -2.36. The molecule has 0 bridgehead atoms. The van der Waals surface area contributed by atoms with Crippen molar-refractivity contribution >= 4 is 17.5 Å². The minimum atomic E-state index is -0.171. The predicted octanol–water partition coefficient (Wildman–Crippen LogP) is 3.19. The van der Waals surface area contributed by atoms with Crippen molar-refractivity contribution in [2.75, 3.05) is 18.5 Å². The van der Waals surface area contributed by atoms with E-state index < -0.39 is 0 Å². The Hall–Kier alpha value is -2.66. The summed E-state index contributed by atoms with van der Waals surface area (Å²) in [5.74, 6) is -0.182. The van der Waals surface area contributed by atoms with E-state index in [1.165, 1.54) is 0 Å². The first-order chi connectivity index (χ1) is 12.0. The second-order valence-electron chi connectivity index (χ2n) is 6.35. The molecule has 1 heterocycles. The molecular weight excluding hydrogens is 316 g/mol. The summed E-state index contributed by atoms with van der Waals surface area (Å²) in [6, 6.07) is 16.1. The van der Waals surface area contributed by atoms with Crippen molar-refractivity contribution in [3.05, 3.63) is 65.7 Å². The maximum Gasteiger partial charge on any atom is 0.255 e. The summed E-state index contributed by atoms with van der Waals surface area (Å²) in [5, 5.41) is 2.84. The van der Waals surface area contributed by atoms with Crippen LogP contribution >= 0.6 is 0 Å². The number of benzene rings is 2. The number of amides is 2. The molecule has 2 unspecified atom stereocenters. The van der Waals surface area contributed by atoms with Crippen LogP contribution < -0.4 is 5.32 Å². The summed E-state index contributed by atoms with van der Waals surface area (Å²) in [7, 11) is 0. The molecule has 0 saturated carbocycles. The van der Waals surface area contributed by atoms with Crippen LogP contribution in [0.25, 0.3) is 0 Å². The lowest BCUT2D eigenvalue weighted by atomic mass is 10.1. The summed E-state index contributed by atoms with van der Waals surface area (Å²) < 4.78 is 5.57. The van der Waals surface area contributed by atoms with Gasteiger partial charge in [-0.15, -0.1) is 0 Å². The summed E-state index contributed by atoms with van der Waals surface area (Å²) in [5.41, 5.74) is 1.87. The van der Waals surface area contributed by atoms with Gasteiger partial charge in [-0.1, -0.05) is 18.2 Å². The van der Waals surface area contributed by atoms with Crippen LogP contribution in [0.1, 0.15) is 34.6 Å². The Morgan fingerprint density at radius 1 is 1.00 bits per heavy atom. The topological polar surface area (TPSA) is 58.6 Å². The van der Waals surface area contributed by atoms with Gasteiger partial charge in [0.1, 0.15) is 0 Å². The van der Waals surface area contributed by atoms with Crippen LogP contribution in [0, 0.1) is 0 Å². The van der Waals surface area contributed by atoms with Gasteiger partial charge in [0, 0.05) is 23.4 Å². The Morgan fingerprint density at radius 3 is 2.36 bits per heavy atom. The van der Waals surface area contributed by atoms with E-state index in [-0.39, 0.29) is 24.0 Å². The number of morpholine rings is 1. The number of carbonyl (C=O) groups excluding carboxylic acids is 2. The van der Waals surface area contributed by atoms with E-state index in [0.29, 0.717) is 30.0 Å². The highest BCUT2D eigenvalue weighted by atomic mass is 16.5. The lowest BCUT2D eigenvalue weighted by molar-refractivity contribution is -0.0387. The van der Waals surface area contributed by atoms with Crippen molar-refractivity contribution < 1.29 is 14.3 Å². The van der Waals surface area contributed by atoms with Crippen LogP contribution in [-0.2, 0) is 4.74 Å². The van der Waals surface area contributed by atoms with Crippen molar-refractivity contribution in [1.82, 2.24) is 4.90 Å². The molecule has 130 valence electrons. The molecule has 1 fully saturated rings. The first-order valence-corrected chi connectivity index (χ1v) is 8.43. The fourth-order valence-corrected chi connectivity index (χ4v) is 2.84. The number of nitrogens with one attached hydrogen (secondary N) is 1. The summed E-state index contributed by atoms with van der Waals surface area (Å²) in [6.45, 7) is 5.09. The van der Waals surface area contributed by atoms with Gasteiger partial charge in [0.05, 0.1) is 18.8 Å². The van der Waals surface area contributed by atoms with Crippen LogP contribution in [-0.4, -0.2) is 42.0 Å². The average molecular weight is 338 g/mol. The smallest absolute Gasteiger partial charge is 0.255 e. The molecule has 0 aliphatic carbocycles. The van der Waals surface area contributed by atoms with Crippen molar-refractivity contribution in [3.63, 3.8) is 0 Å². The zero-order valence-electron chi connectivity index (χ0n) is 14.4. The van der Waals surface area contributed by atoms with E-state index in [4.69, 9.17) is 4.74 Å². The van der Waals surface area contributed by atoms with Gasteiger partial charge in [-0.3, -0.25) is 9.59 Å². The van der Waals surface area contributed by atoms with Crippen LogP contribution in [0.15, 0.2) is 54.6 Å². The number of anilines is 1. The highest BCUT2D eigenvalue weighted by Gasteiger charge is 2.28. The molecule has 2 amide bonds. The molecule has 5 nitrogen and oxygen atoms in total. The molecule has 1 aliphatic rings. The molecule has 1 N–H and O–H groups in total.